The summed E-state index contributed by atoms with van der Waals surface area (Å²) in [6.07, 6.45) is 0. The highest BCUT2D eigenvalue weighted by Crippen LogP contribution is 2.50. The Kier molecular flexibility index (Phi) is 7.96. The predicted molar refractivity (Wildman–Crippen MR) is 204 cm³/mol. The lowest BCUT2D eigenvalue weighted by atomic mass is 9.92. The Morgan fingerprint density at radius 2 is 0.646 bits per heavy atom. The molecular weight excluding hydrogens is 581 g/mol. The molecular formula is C46H34N2. The molecule has 0 aliphatic carbocycles. The number of hydrogen-bond donors (Lipinski definition) is 0. The zero-order valence-corrected chi connectivity index (χ0v) is 26.5. The monoisotopic (exact) mass is 614 g/mol. The Morgan fingerprint density at radius 1 is 0.271 bits per heavy atom. The van der Waals surface area contributed by atoms with Crippen molar-refractivity contribution in [3.05, 3.63) is 206 Å². The number of anilines is 6. The van der Waals surface area contributed by atoms with Gasteiger partial charge < -0.3 is 9.80 Å². The van der Waals surface area contributed by atoms with Crippen LogP contribution in [0.1, 0.15) is 0 Å². The molecule has 8 aromatic rings. The molecule has 0 spiro atoms. The van der Waals surface area contributed by atoms with Crippen molar-refractivity contribution in [2.75, 3.05) is 9.80 Å². The maximum atomic E-state index is 2.43. The quantitative estimate of drug-likeness (QED) is 0.168. The molecule has 228 valence electrons. The SMILES string of the molecule is c1ccc(-c2cc(N(c3ccccc3)c3ccccc3)c(N(c3ccccc3)c3cccc4ccccc34)cc2-c2ccccc2)cc1. The third-order valence-electron chi connectivity index (χ3n) is 8.82. The number of nitrogens with zero attached hydrogens (tertiary/aromatic N) is 2. The van der Waals surface area contributed by atoms with E-state index in [0.29, 0.717) is 0 Å². The van der Waals surface area contributed by atoms with Crippen LogP contribution >= 0.6 is 0 Å². The van der Waals surface area contributed by atoms with Gasteiger partial charge in [-0.1, -0.05) is 152 Å². The molecule has 0 bridgehead atoms. The topological polar surface area (TPSA) is 6.48 Å². The Bertz CT molecular complexity index is 2220. The molecule has 0 N–H and O–H groups in total. The second-order valence-corrected chi connectivity index (χ2v) is 11.8. The molecule has 0 fully saturated rings. The standard InChI is InChI=1S/C46H34N2/c1-6-19-36(20-7-1)42-33-45(47(38-25-10-3-11-26-38)39-27-12-4-13-28-39)46(34-43(42)37-21-8-2-9-22-37)48(40-29-14-5-15-30-40)44-32-18-24-35-23-16-17-31-41(35)44/h1-34H. The summed E-state index contributed by atoms with van der Waals surface area (Å²) in [4.78, 5) is 4.81. The summed E-state index contributed by atoms with van der Waals surface area (Å²) in [6, 6.07) is 73.6. The van der Waals surface area contributed by atoms with Gasteiger partial charge in [-0.05, 0) is 82.2 Å². The van der Waals surface area contributed by atoms with E-state index < -0.39 is 0 Å². The van der Waals surface area contributed by atoms with E-state index >= 15 is 0 Å². The summed E-state index contributed by atoms with van der Waals surface area (Å²) >= 11 is 0. The van der Waals surface area contributed by atoms with Gasteiger partial charge in [0.05, 0.1) is 17.1 Å². The van der Waals surface area contributed by atoms with Gasteiger partial charge in [0.2, 0.25) is 0 Å². The summed E-state index contributed by atoms with van der Waals surface area (Å²) in [6.45, 7) is 0. The van der Waals surface area contributed by atoms with Gasteiger partial charge in [-0.15, -0.1) is 0 Å². The second kappa shape index (κ2) is 13.2. The fraction of sp³-hybridized carbons (Fsp3) is 0. The minimum Gasteiger partial charge on any atom is -0.308 e. The minimum absolute atomic E-state index is 1.07. The Balaban J connectivity index is 1.52. The Labute approximate surface area is 282 Å². The molecule has 0 heterocycles. The molecule has 48 heavy (non-hydrogen) atoms. The summed E-state index contributed by atoms with van der Waals surface area (Å²) in [7, 11) is 0. The van der Waals surface area contributed by atoms with Crippen molar-refractivity contribution in [2.45, 2.75) is 0 Å². The summed E-state index contributed by atoms with van der Waals surface area (Å²) < 4.78 is 0. The summed E-state index contributed by atoms with van der Waals surface area (Å²) in [5.74, 6) is 0. The number of rotatable bonds is 8. The first-order chi connectivity index (χ1) is 23.8. The van der Waals surface area contributed by atoms with Crippen molar-refractivity contribution in [2.24, 2.45) is 0 Å². The zero-order valence-electron chi connectivity index (χ0n) is 26.5. The first kappa shape index (κ1) is 29.1. The molecule has 0 saturated heterocycles. The van der Waals surface area contributed by atoms with Crippen molar-refractivity contribution < 1.29 is 0 Å². The molecule has 0 unspecified atom stereocenters. The molecule has 0 aliphatic heterocycles. The molecule has 2 heteroatoms. The highest BCUT2D eigenvalue weighted by molar-refractivity contribution is 6.04. The fourth-order valence-corrected chi connectivity index (χ4v) is 6.62. The van der Waals surface area contributed by atoms with Crippen molar-refractivity contribution in [3.63, 3.8) is 0 Å². The minimum atomic E-state index is 1.07. The first-order valence-electron chi connectivity index (χ1n) is 16.4. The zero-order chi connectivity index (χ0) is 32.1. The number of fused-ring (bicyclic) bond motifs is 1. The highest BCUT2D eigenvalue weighted by Gasteiger charge is 2.26. The van der Waals surface area contributed by atoms with Gasteiger partial charge in [0.1, 0.15) is 0 Å². The van der Waals surface area contributed by atoms with Crippen LogP contribution < -0.4 is 9.80 Å². The van der Waals surface area contributed by atoms with Gasteiger partial charge >= 0.3 is 0 Å². The van der Waals surface area contributed by atoms with E-state index in [1.165, 1.54) is 33.0 Å². The summed E-state index contributed by atoms with van der Waals surface area (Å²) in [5.41, 5.74) is 11.2. The molecule has 0 saturated carbocycles. The van der Waals surface area contributed by atoms with E-state index in [9.17, 15) is 0 Å². The second-order valence-electron chi connectivity index (χ2n) is 11.8. The van der Waals surface area contributed by atoms with E-state index in [-0.39, 0.29) is 0 Å². The maximum Gasteiger partial charge on any atom is 0.0709 e. The van der Waals surface area contributed by atoms with Crippen LogP contribution in [-0.2, 0) is 0 Å². The molecule has 0 aromatic heterocycles. The van der Waals surface area contributed by atoms with Crippen molar-refractivity contribution in [1.29, 1.82) is 0 Å². The van der Waals surface area contributed by atoms with Gasteiger partial charge in [0, 0.05) is 22.4 Å². The lowest BCUT2D eigenvalue weighted by Crippen LogP contribution is -2.17. The largest absolute Gasteiger partial charge is 0.308 e. The van der Waals surface area contributed by atoms with Crippen molar-refractivity contribution >= 4 is 44.9 Å². The van der Waals surface area contributed by atoms with Crippen LogP contribution in [0.4, 0.5) is 34.1 Å². The molecule has 0 radical (unpaired) electrons. The third kappa shape index (κ3) is 5.61. The van der Waals surface area contributed by atoms with Gasteiger partial charge in [0.25, 0.3) is 0 Å². The third-order valence-corrected chi connectivity index (χ3v) is 8.82. The summed E-state index contributed by atoms with van der Waals surface area (Å²) in [5, 5.41) is 2.39. The normalized spacial score (nSPS) is 10.9. The first-order valence-corrected chi connectivity index (χ1v) is 16.4. The van der Waals surface area contributed by atoms with E-state index in [2.05, 4.69) is 216 Å². The van der Waals surface area contributed by atoms with Crippen LogP contribution in [0.3, 0.4) is 0 Å². The molecule has 8 aromatic carbocycles. The lowest BCUT2D eigenvalue weighted by Gasteiger charge is -2.35. The van der Waals surface area contributed by atoms with E-state index in [4.69, 9.17) is 0 Å². The average Bonchev–Trinajstić information content (AvgIpc) is 3.17. The molecule has 8 rings (SSSR count). The van der Waals surface area contributed by atoms with Crippen LogP contribution in [-0.4, -0.2) is 0 Å². The Hall–Kier alpha value is -6.38. The van der Waals surface area contributed by atoms with Crippen LogP contribution in [0.15, 0.2) is 206 Å². The van der Waals surface area contributed by atoms with Crippen molar-refractivity contribution in [3.8, 4) is 22.3 Å². The molecule has 2 nitrogen and oxygen atoms in total. The number of hydrogen-bond acceptors (Lipinski definition) is 2. The van der Waals surface area contributed by atoms with E-state index in [0.717, 1.165) is 34.1 Å². The molecule has 0 atom stereocenters. The maximum absolute atomic E-state index is 2.43. The van der Waals surface area contributed by atoms with E-state index in [1.807, 2.05) is 0 Å². The number of para-hydroxylation sites is 3. The van der Waals surface area contributed by atoms with Gasteiger partial charge in [0.15, 0.2) is 0 Å². The van der Waals surface area contributed by atoms with Gasteiger partial charge in [-0.25, -0.2) is 0 Å². The average molecular weight is 615 g/mol. The predicted octanol–water partition coefficient (Wildman–Crippen LogP) is 13.1. The lowest BCUT2D eigenvalue weighted by molar-refractivity contribution is 1.23. The number of benzene rings is 8. The molecule has 0 amide bonds. The Morgan fingerprint density at radius 3 is 1.15 bits per heavy atom. The van der Waals surface area contributed by atoms with Gasteiger partial charge in [-0.2, -0.15) is 0 Å². The highest BCUT2D eigenvalue weighted by atomic mass is 15.2. The van der Waals surface area contributed by atoms with Crippen LogP contribution in [0.25, 0.3) is 33.0 Å². The molecule has 0 aliphatic rings. The van der Waals surface area contributed by atoms with Gasteiger partial charge in [-0.3, -0.25) is 0 Å². The fourth-order valence-electron chi connectivity index (χ4n) is 6.62. The van der Waals surface area contributed by atoms with E-state index in [1.54, 1.807) is 0 Å². The van der Waals surface area contributed by atoms with Crippen molar-refractivity contribution in [1.82, 2.24) is 0 Å². The smallest absolute Gasteiger partial charge is 0.0709 e. The van der Waals surface area contributed by atoms with Crippen LogP contribution in [0, 0.1) is 0 Å². The van der Waals surface area contributed by atoms with Crippen LogP contribution in [0.2, 0.25) is 0 Å². The van der Waals surface area contributed by atoms with Crippen LogP contribution in [0.5, 0.6) is 0 Å².